The standard InChI is InChI=1S/C12H10O/c1-2-5-10-8-9-6-3-4-7-11(9)12(10)13/h1,3-4,6-7,10H,5,8H2/t10-/m1/s1. The Hall–Kier alpha value is -1.55. The van der Waals surface area contributed by atoms with Crippen LogP contribution in [-0.4, -0.2) is 5.78 Å². The lowest BCUT2D eigenvalue weighted by molar-refractivity contribution is 0.0939. The first-order valence-corrected chi connectivity index (χ1v) is 4.38. The fraction of sp³-hybridized carbons (Fsp3) is 0.250. The fourth-order valence-corrected chi connectivity index (χ4v) is 1.82. The summed E-state index contributed by atoms with van der Waals surface area (Å²) in [6.45, 7) is 0. The van der Waals surface area contributed by atoms with E-state index in [0.29, 0.717) is 6.42 Å². The first-order chi connectivity index (χ1) is 6.33. The highest BCUT2D eigenvalue weighted by Gasteiger charge is 2.28. The summed E-state index contributed by atoms with van der Waals surface area (Å²) in [5.74, 6) is 2.80. The van der Waals surface area contributed by atoms with Crippen molar-refractivity contribution in [3.05, 3.63) is 35.4 Å². The van der Waals surface area contributed by atoms with Crippen LogP contribution >= 0.6 is 0 Å². The van der Waals surface area contributed by atoms with E-state index in [1.54, 1.807) is 0 Å². The number of hydrogen-bond donors (Lipinski definition) is 0. The molecule has 0 N–H and O–H groups in total. The van der Waals surface area contributed by atoms with Gasteiger partial charge in [-0.15, -0.1) is 12.3 Å². The second-order valence-electron chi connectivity index (χ2n) is 3.33. The molecular weight excluding hydrogens is 160 g/mol. The van der Waals surface area contributed by atoms with E-state index in [0.717, 1.165) is 17.5 Å². The van der Waals surface area contributed by atoms with Crippen molar-refractivity contribution in [2.24, 2.45) is 5.92 Å². The summed E-state index contributed by atoms with van der Waals surface area (Å²) in [5, 5.41) is 0. The van der Waals surface area contributed by atoms with Gasteiger partial charge < -0.3 is 0 Å². The van der Waals surface area contributed by atoms with Crippen molar-refractivity contribution in [2.45, 2.75) is 12.8 Å². The number of hydrogen-bond acceptors (Lipinski definition) is 1. The maximum absolute atomic E-state index is 11.7. The molecule has 0 heterocycles. The maximum atomic E-state index is 11.7. The summed E-state index contributed by atoms with van der Waals surface area (Å²) >= 11 is 0. The summed E-state index contributed by atoms with van der Waals surface area (Å²) in [6.07, 6.45) is 6.58. The molecule has 0 aromatic heterocycles. The zero-order chi connectivity index (χ0) is 9.26. The maximum Gasteiger partial charge on any atom is 0.167 e. The van der Waals surface area contributed by atoms with Crippen LogP contribution in [-0.2, 0) is 6.42 Å². The summed E-state index contributed by atoms with van der Waals surface area (Å²) in [5.41, 5.74) is 2.01. The molecule has 0 amide bonds. The van der Waals surface area contributed by atoms with E-state index in [9.17, 15) is 4.79 Å². The average Bonchev–Trinajstić information content (AvgIpc) is 2.46. The molecule has 0 saturated carbocycles. The van der Waals surface area contributed by atoms with Gasteiger partial charge in [-0.2, -0.15) is 0 Å². The van der Waals surface area contributed by atoms with Crippen molar-refractivity contribution < 1.29 is 4.79 Å². The highest BCUT2D eigenvalue weighted by Crippen LogP contribution is 2.27. The van der Waals surface area contributed by atoms with E-state index >= 15 is 0 Å². The molecule has 0 bridgehead atoms. The molecular formula is C12H10O. The highest BCUT2D eigenvalue weighted by atomic mass is 16.1. The Labute approximate surface area is 77.8 Å². The Morgan fingerprint density at radius 2 is 2.23 bits per heavy atom. The summed E-state index contributed by atoms with van der Waals surface area (Å²) in [7, 11) is 0. The first-order valence-electron chi connectivity index (χ1n) is 4.38. The van der Waals surface area contributed by atoms with Crippen LogP contribution < -0.4 is 0 Å². The number of Topliss-reactive ketones (excluding diaryl/α,β-unsaturated/α-hetero) is 1. The van der Waals surface area contributed by atoms with Gasteiger partial charge in [0.25, 0.3) is 0 Å². The lowest BCUT2D eigenvalue weighted by Gasteiger charge is -1.99. The summed E-state index contributed by atoms with van der Waals surface area (Å²) in [4.78, 5) is 11.7. The molecule has 13 heavy (non-hydrogen) atoms. The minimum atomic E-state index is 0.0300. The van der Waals surface area contributed by atoms with Crippen LogP contribution in [0.15, 0.2) is 24.3 Å². The largest absolute Gasteiger partial charge is 0.294 e. The number of carbonyl (C=O) groups is 1. The zero-order valence-corrected chi connectivity index (χ0v) is 7.29. The van der Waals surface area contributed by atoms with Gasteiger partial charge in [-0.3, -0.25) is 4.79 Å². The first kappa shape index (κ1) is 8.07. The smallest absolute Gasteiger partial charge is 0.167 e. The van der Waals surface area contributed by atoms with E-state index < -0.39 is 0 Å². The topological polar surface area (TPSA) is 17.1 Å². The Morgan fingerprint density at radius 1 is 1.46 bits per heavy atom. The van der Waals surface area contributed by atoms with Crippen molar-refractivity contribution in [3.8, 4) is 12.3 Å². The molecule has 1 aromatic carbocycles. The highest BCUT2D eigenvalue weighted by molar-refractivity contribution is 6.02. The van der Waals surface area contributed by atoms with Crippen LogP contribution in [0.25, 0.3) is 0 Å². The average molecular weight is 170 g/mol. The molecule has 0 saturated heterocycles. The van der Waals surface area contributed by atoms with Gasteiger partial charge in [-0.1, -0.05) is 24.3 Å². The van der Waals surface area contributed by atoms with Crippen molar-refractivity contribution in [1.82, 2.24) is 0 Å². The lowest BCUT2D eigenvalue weighted by atomic mass is 10.0. The van der Waals surface area contributed by atoms with Gasteiger partial charge in [0.05, 0.1) is 0 Å². The van der Waals surface area contributed by atoms with Crippen LogP contribution in [0.4, 0.5) is 0 Å². The number of carbonyl (C=O) groups excluding carboxylic acids is 1. The van der Waals surface area contributed by atoms with Gasteiger partial charge in [0.15, 0.2) is 5.78 Å². The van der Waals surface area contributed by atoms with E-state index in [2.05, 4.69) is 5.92 Å². The van der Waals surface area contributed by atoms with Crippen LogP contribution in [0.1, 0.15) is 22.3 Å². The summed E-state index contributed by atoms with van der Waals surface area (Å²) in [6, 6.07) is 7.75. The van der Waals surface area contributed by atoms with Crippen LogP contribution in [0.2, 0.25) is 0 Å². The third-order valence-electron chi connectivity index (χ3n) is 2.48. The monoisotopic (exact) mass is 170 g/mol. The molecule has 0 radical (unpaired) electrons. The van der Waals surface area contributed by atoms with Gasteiger partial charge in [0.2, 0.25) is 0 Å². The normalized spacial score (nSPS) is 19.6. The molecule has 2 rings (SSSR count). The Balaban J connectivity index is 2.34. The van der Waals surface area contributed by atoms with E-state index in [1.165, 1.54) is 0 Å². The molecule has 1 heteroatoms. The minimum Gasteiger partial charge on any atom is -0.294 e. The summed E-state index contributed by atoms with van der Waals surface area (Å²) < 4.78 is 0. The lowest BCUT2D eigenvalue weighted by Crippen LogP contribution is -2.07. The third-order valence-corrected chi connectivity index (χ3v) is 2.48. The van der Waals surface area contributed by atoms with Crippen LogP contribution in [0, 0.1) is 18.3 Å². The second-order valence-corrected chi connectivity index (χ2v) is 3.33. The molecule has 1 aromatic rings. The predicted octanol–water partition coefficient (Wildman–Crippen LogP) is 2.06. The molecule has 1 aliphatic rings. The molecule has 0 aliphatic heterocycles. The van der Waals surface area contributed by atoms with Gasteiger partial charge in [0.1, 0.15) is 0 Å². The Morgan fingerprint density at radius 3 is 2.92 bits per heavy atom. The molecule has 0 unspecified atom stereocenters. The number of fused-ring (bicyclic) bond motifs is 1. The van der Waals surface area contributed by atoms with Gasteiger partial charge in [0, 0.05) is 17.9 Å². The molecule has 0 spiro atoms. The number of benzene rings is 1. The second kappa shape index (κ2) is 3.06. The molecule has 1 aliphatic carbocycles. The van der Waals surface area contributed by atoms with Gasteiger partial charge in [-0.05, 0) is 12.0 Å². The van der Waals surface area contributed by atoms with Crippen molar-refractivity contribution in [3.63, 3.8) is 0 Å². The predicted molar refractivity (Wildman–Crippen MR) is 51.4 cm³/mol. The molecule has 1 nitrogen and oxygen atoms in total. The van der Waals surface area contributed by atoms with Crippen molar-refractivity contribution >= 4 is 5.78 Å². The van der Waals surface area contributed by atoms with E-state index in [-0.39, 0.29) is 11.7 Å². The quantitative estimate of drug-likeness (QED) is 0.589. The van der Waals surface area contributed by atoms with Gasteiger partial charge >= 0.3 is 0 Å². The molecule has 64 valence electrons. The van der Waals surface area contributed by atoms with Crippen LogP contribution in [0.3, 0.4) is 0 Å². The van der Waals surface area contributed by atoms with Crippen LogP contribution in [0.5, 0.6) is 0 Å². The Bertz CT molecular complexity index is 384. The SMILES string of the molecule is C#CC[C@@H]1Cc2ccccc2C1=O. The van der Waals surface area contributed by atoms with Gasteiger partial charge in [-0.25, -0.2) is 0 Å². The van der Waals surface area contributed by atoms with E-state index in [1.807, 2.05) is 24.3 Å². The zero-order valence-electron chi connectivity index (χ0n) is 7.29. The third kappa shape index (κ3) is 1.25. The fourth-order valence-electron chi connectivity index (χ4n) is 1.82. The van der Waals surface area contributed by atoms with Crippen molar-refractivity contribution in [2.75, 3.05) is 0 Å². The van der Waals surface area contributed by atoms with Crippen molar-refractivity contribution in [1.29, 1.82) is 0 Å². The molecule has 1 atom stereocenters. The number of rotatable bonds is 1. The van der Waals surface area contributed by atoms with E-state index in [4.69, 9.17) is 6.42 Å². The minimum absolute atomic E-state index is 0.0300. The Kier molecular flexibility index (Phi) is 1.90. The number of ketones is 1. The number of terminal acetylenes is 1. The molecule has 0 fully saturated rings.